The van der Waals surface area contributed by atoms with E-state index in [0.717, 1.165) is 0 Å². The van der Waals surface area contributed by atoms with Gasteiger partial charge in [-0.05, 0) is 6.92 Å². The fourth-order valence-corrected chi connectivity index (χ4v) is 0.836. The Morgan fingerprint density at radius 3 is 3.00 bits per heavy atom. The molecule has 1 aromatic rings. The Bertz CT molecular complexity index is 297. The number of carboxylic acids is 1. The summed E-state index contributed by atoms with van der Waals surface area (Å²) in [4.78, 5) is 10.4. The molecule has 0 aliphatic rings. The molecule has 1 rings (SSSR count). The van der Waals surface area contributed by atoms with Crippen molar-refractivity contribution in [3.63, 3.8) is 0 Å². The van der Waals surface area contributed by atoms with Gasteiger partial charge in [-0.15, -0.1) is 5.10 Å². The van der Waals surface area contributed by atoms with Crippen LogP contribution in [0.15, 0.2) is 6.07 Å². The van der Waals surface area contributed by atoms with Crippen molar-refractivity contribution < 1.29 is 19.4 Å². The van der Waals surface area contributed by atoms with Gasteiger partial charge in [-0.1, -0.05) is 0 Å². The van der Waals surface area contributed by atoms with Crippen molar-refractivity contribution >= 4 is 5.97 Å². The van der Waals surface area contributed by atoms with Gasteiger partial charge in [-0.25, -0.2) is 4.79 Å². The molecule has 0 saturated heterocycles. The molecule has 0 radical (unpaired) electrons. The summed E-state index contributed by atoms with van der Waals surface area (Å²) in [6, 6.07) is 1.33. The zero-order chi connectivity index (χ0) is 10.4. The van der Waals surface area contributed by atoms with Gasteiger partial charge in [0.25, 0.3) is 0 Å². The summed E-state index contributed by atoms with van der Waals surface area (Å²) in [5.41, 5.74) is 0.0106. The molecule has 1 heterocycles. The SMILES string of the molecule is CCOCCOc1cc(C(=O)O)[nH]n1. The van der Waals surface area contributed by atoms with Crippen molar-refractivity contribution in [1.29, 1.82) is 0 Å². The van der Waals surface area contributed by atoms with Crippen molar-refractivity contribution in [2.24, 2.45) is 0 Å². The molecule has 6 heteroatoms. The van der Waals surface area contributed by atoms with E-state index in [4.69, 9.17) is 14.6 Å². The van der Waals surface area contributed by atoms with E-state index in [1.54, 1.807) is 0 Å². The summed E-state index contributed by atoms with van der Waals surface area (Å²) in [5.74, 6) is -0.792. The minimum absolute atomic E-state index is 0.0106. The molecular weight excluding hydrogens is 188 g/mol. The molecule has 0 aromatic carbocycles. The first-order valence-corrected chi connectivity index (χ1v) is 4.23. The molecule has 0 unspecified atom stereocenters. The largest absolute Gasteiger partial charge is 0.477 e. The van der Waals surface area contributed by atoms with E-state index in [0.29, 0.717) is 19.8 Å². The Kier molecular flexibility index (Phi) is 3.93. The highest BCUT2D eigenvalue weighted by Gasteiger charge is 2.07. The van der Waals surface area contributed by atoms with E-state index in [1.807, 2.05) is 6.92 Å². The van der Waals surface area contributed by atoms with Gasteiger partial charge in [-0.2, -0.15) is 0 Å². The topological polar surface area (TPSA) is 84.4 Å². The number of aromatic nitrogens is 2. The molecule has 14 heavy (non-hydrogen) atoms. The average molecular weight is 200 g/mol. The minimum Gasteiger partial charge on any atom is -0.477 e. The Balaban J connectivity index is 2.33. The first kappa shape index (κ1) is 10.5. The maximum Gasteiger partial charge on any atom is 0.354 e. The van der Waals surface area contributed by atoms with Crippen molar-refractivity contribution in [3.8, 4) is 5.88 Å². The van der Waals surface area contributed by atoms with Crippen LogP contribution in [0.1, 0.15) is 17.4 Å². The van der Waals surface area contributed by atoms with Gasteiger partial charge in [0.1, 0.15) is 12.3 Å². The highest BCUT2D eigenvalue weighted by atomic mass is 16.5. The van der Waals surface area contributed by atoms with Gasteiger partial charge in [0.05, 0.1) is 6.61 Å². The number of hydrogen-bond acceptors (Lipinski definition) is 4. The summed E-state index contributed by atoms with van der Waals surface area (Å²) in [6.45, 7) is 3.34. The van der Waals surface area contributed by atoms with Gasteiger partial charge in [0, 0.05) is 12.7 Å². The van der Waals surface area contributed by atoms with Gasteiger partial charge >= 0.3 is 5.97 Å². The lowest BCUT2D eigenvalue weighted by molar-refractivity contribution is 0.0690. The average Bonchev–Trinajstić information content (AvgIpc) is 2.61. The van der Waals surface area contributed by atoms with Crippen LogP contribution in [0.2, 0.25) is 0 Å². The first-order valence-electron chi connectivity index (χ1n) is 4.23. The van der Waals surface area contributed by atoms with Gasteiger partial charge < -0.3 is 14.6 Å². The van der Waals surface area contributed by atoms with E-state index < -0.39 is 5.97 Å². The lowest BCUT2D eigenvalue weighted by atomic mass is 10.4. The number of hydrogen-bond donors (Lipinski definition) is 2. The van der Waals surface area contributed by atoms with Crippen LogP contribution in [0.4, 0.5) is 0 Å². The zero-order valence-electron chi connectivity index (χ0n) is 7.82. The number of aromatic carboxylic acids is 1. The molecule has 6 nitrogen and oxygen atoms in total. The highest BCUT2D eigenvalue weighted by Crippen LogP contribution is 2.07. The second-order valence-corrected chi connectivity index (χ2v) is 2.47. The molecule has 0 aliphatic heterocycles. The third-order valence-corrected chi connectivity index (χ3v) is 1.47. The number of rotatable bonds is 6. The molecule has 0 bridgehead atoms. The zero-order valence-corrected chi connectivity index (χ0v) is 7.82. The standard InChI is InChI=1S/C8H12N2O4/c1-2-13-3-4-14-7-5-6(8(11)12)9-10-7/h5H,2-4H2,1H3,(H,9,10)(H,11,12). The van der Waals surface area contributed by atoms with Crippen LogP contribution in [-0.2, 0) is 4.74 Å². The fraction of sp³-hybridized carbons (Fsp3) is 0.500. The number of carbonyl (C=O) groups is 1. The second-order valence-electron chi connectivity index (χ2n) is 2.47. The fourth-order valence-electron chi connectivity index (χ4n) is 0.836. The Labute approximate surface area is 80.8 Å². The monoisotopic (exact) mass is 200 g/mol. The molecule has 78 valence electrons. The molecule has 0 spiro atoms. The lowest BCUT2D eigenvalue weighted by Crippen LogP contribution is -2.06. The predicted molar refractivity (Wildman–Crippen MR) is 47.5 cm³/mol. The summed E-state index contributed by atoms with van der Waals surface area (Å²) in [7, 11) is 0. The Morgan fingerprint density at radius 1 is 1.64 bits per heavy atom. The Hall–Kier alpha value is -1.56. The molecule has 2 N–H and O–H groups in total. The smallest absolute Gasteiger partial charge is 0.354 e. The minimum atomic E-state index is -1.06. The van der Waals surface area contributed by atoms with Gasteiger partial charge in [0.2, 0.25) is 5.88 Å². The molecule has 1 aromatic heterocycles. The second kappa shape index (κ2) is 5.23. The van der Waals surface area contributed by atoms with Gasteiger partial charge in [0.15, 0.2) is 0 Å². The number of aromatic amines is 1. The molecular formula is C8H12N2O4. The van der Waals surface area contributed by atoms with Crippen LogP contribution in [0.3, 0.4) is 0 Å². The highest BCUT2D eigenvalue weighted by molar-refractivity contribution is 5.85. The summed E-state index contributed by atoms with van der Waals surface area (Å²) >= 11 is 0. The van der Waals surface area contributed by atoms with Crippen molar-refractivity contribution in [2.45, 2.75) is 6.92 Å². The van der Waals surface area contributed by atoms with E-state index in [2.05, 4.69) is 10.2 Å². The van der Waals surface area contributed by atoms with Crippen molar-refractivity contribution in [3.05, 3.63) is 11.8 Å². The quantitative estimate of drug-likeness (QED) is 0.654. The van der Waals surface area contributed by atoms with Crippen LogP contribution in [0.25, 0.3) is 0 Å². The van der Waals surface area contributed by atoms with Crippen LogP contribution >= 0.6 is 0 Å². The number of ether oxygens (including phenoxy) is 2. The Morgan fingerprint density at radius 2 is 2.43 bits per heavy atom. The van der Waals surface area contributed by atoms with Crippen molar-refractivity contribution in [1.82, 2.24) is 10.2 Å². The summed E-state index contributed by atoms with van der Waals surface area (Å²) in [5, 5.41) is 14.5. The van der Waals surface area contributed by atoms with Crippen LogP contribution in [0.5, 0.6) is 5.88 Å². The number of H-pyrrole nitrogens is 1. The number of nitrogens with one attached hydrogen (secondary N) is 1. The van der Waals surface area contributed by atoms with E-state index >= 15 is 0 Å². The molecule has 0 saturated carbocycles. The van der Waals surface area contributed by atoms with Crippen LogP contribution < -0.4 is 4.74 Å². The number of carboxylic acid groups (broad SMARTS) is 1. The van der Waals surface area contributed by atoms with E-state index in [-0.39, 0.29) is 11.6 Å². The summed E-state index contributed by atoms with van der Waals surface area (Å²) in [6.07, 6.45) is 0. The maximum atomic E-state index is 10.4. The van der Waals surface area contributed by atoms with E-state index in [9.17, 15) is 4.79 Å². The van der Waals surface area contributed by atoms with Crippen LogP contribution in [0, 0.1) is 0 Å². The molecule has 0 amide bonds. The lowest BCUT2D eigenvalue weighted by Gasteiger charge is -2.01. The van der Waals surface area contributed by atoms with E-state index in [1.165, 1.54) is 6.07 Å². The number of nitrogens with zero attached hydrogens (tertiary/aromatic N) is 1. The van der Waals surface area contributed by atoms with Gasteiger partial charge in [-0.3, -0.25) is 5.10 Å². The molecule has 0 atom stereocenters. The van der Waals surface area contributed by atoms with Crippen LogP contribution in [-0.4, -0.2) is 41.1 Å². The maximum absolute atomic E-state index is 10.4. The normalized spacial score (nSPS) is 10.1. The predicted octanol–water partition coefficient (Wildman–Crippen LogP) is 0.523. The third-order valence-electron chi connectivity index (χ3n) is 1.47. The molecule has 0 fully saturated rings. The summed E-state index contributed by atoms with van der Waals surface area (Å²) < 4.78 is 10.1. The molecule has 0 aliphatic carbocycles. The first-order chi connectivity index (χ1) is 6.74. The third kappa shape index (κ3) is 3.06. The van der Waals surface area contributed by atoms with Crippen molar-refractivity contribution in [2.75, 3.05) is 19.8 Å².